The fraction of sp³-hybridized carbons (Fsp3) is 0.235. The molecule has 1 atom stereocenters. The van der Waals surface area contributed by atoms with E-state index >= 15 is 0 Å². The zero-order chi connectivity index (χ0) is 16.7. The second-order valence-electron chi connectivity index (χ2n) is 5.66. The number of amides is 1. The van der Waals surface area contributed by atoms with Crippen LogP contribution in [0, 0.1) is 0 Å². The summed E-state index contributed by atoms with van der Waals surface area (Å²) in [6.45, 7) is 1.72. The summed E-state index contributed by atoms with van der Waals surface area (Å²) in [4.78, 5) is 12.4. The Morgan fingerprint density at radius 1 is 1.09 bits per heavy atom. The van der Waals surface area contributed by atoms with Crippen molar-refractivity contribution in [2.45, 2.75) is 25.1 Å². The van der Waals surface area contributed by atoms with Gasteiger partial charge in [0.15, 0.2) is 0 Å². The van der Waals surface area contributed by atoms with Crippen molar-refractivity contribution in [3.8, 4) is 5.75 Å². The minimum Gasteiger partial charge on any atom is -0.406 e. The third kappa shape index (κ3) is 2.88. The Kier molecular flexibility index (Phi) is 3.55. The quantitative estimate of drug-likeness (QED) is 0.926. The van der Waals surface area contributed by atoms with Gasteiger partial charge in [0.1, 0.15) is 5.75 Å². The van der Waals surface area contributed by atoms with E-state index in [0.717, 1.165) is 5.56 Å². The highest BCUT2D eigenvalue weighted by Gasteiger charge is 2.43. The predicted molar refractivity (Wildman–Crippen MR) is 79.3 cm³/mol. The number of benzene rings is 2. The van der Waals surface area contributed by atoms with Gasteiger partial charge in [-0.1, -0.05) is 36.4 Å². The van der Waals surface area contributed by atoms with Gasteiger partial charge in [-0.3, -0.25) is 4.79 Å². The highest BCUT2D eigenvalue weighted by molar-refractivity contribution is 6.06. The van der Waals surface area contributed by atoms with Crippen molar-refractivity contribution in [1.82, 2.24) is 0 Å². The molecule has 0 aliphatic carbocycles. The lowest BCUT2D eigenvalue weighted by Crippen LogP contribution is -2.33. The van der Waals surface area contributed by atoms with E-state index in [4.69, 9.17) is 0 Å². The number of fused-ring (bicyclic) bond motifs is 1. The number of ether oxygens (including phenoxy) is 1. The van der Waals surface area contributed by atoms with Crippen LogP contribution in [0.5, 0.6) is 5.75 Å². The van der Waals surface area contributed by atoms with E-state index in [1.807, 2.05) is 0 Å². The molecule has 1 amide bonds. The summed E-state index contributed by atoms with van der Waals surface area (Å²) in [7, 11) is 0. The first kappa shape index (κ1) is 15.4. The zero-order valence-corrected chi connectivity index (χ0v) is 12.3. The van der Waals surface area contributed by atoms with Crippen LogP contribution in [-0.2, 0) is 16.6 Å². The van der Waals surface area contributed by atoms with Crippen LogP contribution in [0.3, 0.4) is 0 Å². The van der Waals surface area contributed by atoms with Crippen LogP contribution in [0.4, 0.5) is 18.9 Å². The SMILES string of the molecule is CC1(Cc2ccccc2OC(F)(F)F)C(=O)Nc2ccccc21. The minimum atomic E-state index is -4.77. The molecule has 1 aliphatic rings. The van der Waals surface area contributed by atoms with Crippen molar-refractivity contribution >= 4 is 11.6 Å². The molecule has 3 rings (SSSR count). The maximum Gasteiger partial charge on any atom is 0.573 e. The maximum atomic E-state index is 12.5. The molecular weight excluding hydrogens is 307 g/mol. The number of alkyl halides is 3. The van der Waals surface area contributed by atoms with Gasteiger partial charge in [-0.15, -0.1) is 13.2 Å². The molecule has 2 aromatic rings. The predicted octanol–water partition coefficient (Wildman–Crippen LogP) is 4.04. The number of hydrogen-bond donors (Lipinski definition) is 1. The van der Waals surface area contributed by atoms with Crippen molar-refractivity contribution in [3.63, 3.8) is 0 Å². The number of rotatable bonds is 3. The highest BCUT2D eigenvalue weighted by Crippen LogP contribution is 2.41. The maximum absolute atomic E-state index is 12.5. The van der Waals surface area contributed by atoms with E-state index in [-0.39, 0.29) is 18.1 Å². The first-order valence-electron chi connectivity index (χ1n) is 7.04. The van der Waals surface area contributed by atoms with E-state index in [0.29, 0.717) is 11.3 Å². The number of nitrogens with one attached hydrogen (secondary N) is 1. The summed E-state index contributed by atoms with van der Waals surface area (Å²) in [6, 6.07) is 13.1. The normalized spacial score (nSPS) is 20.1. The molecular formula is C17H14F3NO2. The van der Waals surface area contributed by atoms with Crippen LogP contribution in [0.25, 0.3) is 0 Å². The minimum absolute atomic E-state index is 0.113. The van der Waals surface area contributed by atoms with E-state index in [9.17, 15) is 18.0 Å². The molecule has 1 aliphatic heterocycles. The van der Waals surface area contributed by atoms with Crippen LogP contribution in [0.15, 0.2) is 48.5 Å². The Labute approximate surface area is 131 Å². The van der Waals surface area contributed by atoms with Crippen molar-refractivity contribution in [3.05, 3.63) is 59.7 Å². The third-order valence-electron chi connectivity index (χ3n) is 4.01. The Hall–Kier alpha value is -2.50. The second kappa shape index (κ2) is 5.30. The van der Waals surface area contributed by atoms with Crippen molar-refractivity contribution in [2.24, 2.45) is 0 Å². The van der Waals surface area contributed by atoms with E-state index in [1.165, 1.54) is 12.1 Å². The average molecular weight is 321 g/mol. The first-order valence-corrected chi connectivity index (χ1v) is 7.04. The van der Waals surface area contributed by atoms with Crippen LogP contribution in [0.1, 0.15) is 18.1 Å². The number of carbonyl (C=O) groups is 1. The molecule has 6 heteroatoms. The summed E-state index contributed by atoms with van der Waals surface area (Å²) in [5, 5.41) is 2.77. The summed E-state index contributed by atoms with van der Waals surface area (Å²) in [5.74, 6) is -0.515. The summed E-state index contributed by atoms with van der Waals surface area (Å²) >= 11 is 0. The molecule has 0 fully saturated rings. The van der Waals surface area contributed by atoms with Gasteiger partial charge >= 0.3 is 6.36 Å². The second-order valence-corrected chi connectivity index (χ2v) is 5.66. The molecule has 2 aromatic carbocycles. The lowest BCUT2D eigenvalue weighted by Gasteiger charge is -2.24. The van der Waals surface area contributed by atoms with Gasteiger partial charge in [-0.05, 0) is 36.6 Å². The summed E-state index contributed by atoms with van der Waals surface area (Å²) in [5.41, 5.74) is 0.849. The van der Waals surface area contributed by atoms with Gasteiger partial charge in [0.05, 0.1) is 5.41 Å². The summed E-state index contributed by atoms with van der Waals surface area (Å²) in [6.07, 6.45) is -4.66. The smallest absolute Gasteiger partial charge is 0.406 e. The zero-order valence-electron chi connectivity index (χ0n) is 12.3. The molecule has 0 aromatic heterocycles. The van der Waals surface area contributed by atoms with Crippen LogP contribution in [-0.4, -0.2) is 12.3 Å². The van der Waals surface area contributed by atoms with Gasteiger partial charge in [-0.25, -0.2) is 0 Å². The lowest BCUT2D eigenvalue weighted by atomic mass is 9.78. The average Bonchev–Trinajstić information content (AvgIpc) is 2.72. The number of hydrogen-bond acceptors (Lipinski definition) is 2. The van der Waals surface area contributed by atoms with Crippen LogP contribution < -0.4 is 10.1 Å². The fourth-order valence-corrected chi connectivity index (χ4v) is 2.89. The lowest BCUT2D eigenvalue weighted by molar-refractivity contribution is -0.274. The molecule has 0 saturated heterocycles. The standard InChI is InChI=1S/C17H14F3NO2/c1-16(12-7-3-4-8-13(12)21-15(16)22)10-11-6-2-5-9-14(11)23-17(18,19)20/h2-9H,10H2,1H3,(H,21,22). The Balaban J connectivity index is 1.98. The van der Waals surface area contributed by atoms with E-state index in [2.05, 4.69) is 10.1 Å². The van der Waals surface area contributed by atoms with Gasteiger partial charge in [0, 0.05) is 5.69 Å². The number of carbonyl (C=O) groups excluding carboxylic acids is 1. The number of para-hydroxylation sites is 2. The third-order valence-corrected chi connectivity index (χ3v) is 4.01. The molecule has 0 bridgehead atoms. The summed E-state index contributed by atoms with van der Waals surface area (Å²) < 4.78 is 41.7. The number of halogens is 3. The Morgan fingerprint density at radius 3 is 2.48 bits per heavy atom. The van der Waals surface area contributed by atoms with Crippen LogP contribution in [0.2, 0.25) is 0 Å². The van der Waals surface area contributed by atoms with E-state index in [1.54, 1.807) is 43.3 Å². The van der Waals surface area contributed by atoms with Crippen LogP contribution >= 0.6 is 0 Å². The van der Waals surface area contributed by atoms with Gasteiger partial charge in [0.2, 0.25) is 5.91 Å². The molecule has 0 spiro atoms. The molecule has 0 radical (unpaired) electrons. The molecule has 1 unspecified atom stereocenters. The Morgan fingerprint density at radius 2 is 1.74 bits per heavy atom. The first-order chi connectivity index (χ1) is 10.8. The van der Waals surface area contributed by atoms with Gasteiger partial charge in [-0.2, -0.15) is 0 Å². The Bertz CT molecular complexity index is 757. The van der Waals surface area contributed by atoms with Gasteiger partial charge in [0.25, 0.3) is 0 Å². The molecule has 1 N–H and O–H groups in total. The monoisotopic (exact) mass is 321 g/mol. The largest absolute Gasteiger partial charge is 0.573 e. The van der Waals surface area contributed by atoms with Crippen molar-refractivity contribution < 1.29 is 22.7 Å². The topological polar surface area (TPSA) is 38.3 Å². The molecule has 120 valence electrons. The number of anilines is 1. The van der Waals surface area contributed by atoms with Gasteiger partial charge < -0.3 is 10.1 Å². The van der Waals surface area contributed by atoms with Crippen molar-refractivity contribution in [2.75, 3.05) is 5.32 Å². The van der Waals surface area contributed by atoms with Crippen molar-refractivity contribution in [1.29, 1.82) is 0 Å². The highest BCUT2D eigenvalue weighted by atomic mass is 19.4. The molecule has 23 heavy (non-hydrogen) atoms. The fourth-order valence-electron chi connectivity index (χ4n) is 2.89. The molecule has 1 heterocycles. The van der Waals surface area contributed by atoms with E-state index < -0.39 is 11.8 Å². The molecule has 3 nitrogen and oxygen atoms in total. The molecule has 0 saturated carbocycles.